The van der Waals surface area contributed by atoms with Crippen molar-refractivity contribution in [1.82, 2.24) is 9.36 Å². The summed E-state index contributed by atoms with van der Waals surface area (Å²) in [5.41, 5.74) is 0. The molecule has 5 heteroatoms. The van der Waals surface area contributed by atoms with Crippen LogP contribution < -0.4 is 5.32 Å². The summed E-state index contributed by atoms with van der Waals surface area (Å²) < 4.78 is 4.21. The van der Waals surface area contributed by atoms with E-state index in [4.69, 9.17) is 0 Å². The van der Waals surface area contributed by atoms with Gasteiger partial charge >= 0.3 is 0 Å². The second-order valence-corrected chi connectivity index (χ2v) is 3.85. The first-order valence-electron chi connectivity index (χ1n) is 3.45. The van der Waals surface area contributed by atoms with Crippen LogP contribution in [0.2, 0.25) is 0 Å². The summed E-state index contributed by atoms with van der Waals surface area (Å²) in [6.07, 6.45) is 0. The molecule has 12 heavy (non-hydrogen) atoms. The van der Waals surface area contributed by atoms with Crippen molar-refractivity contribution < 1.29 is 0 Å². The van der Waals surface area contributed by atoms with Gasteiger partial charge in [0.15, 0.2) is 5.82 Å². The van der Waals surface area contributed by atoms with Crippen molar-refractivity contribution in [2.45, 2.75) is 0 Å². The smallest absolute Gasteiger partial charge is 0.202 e. The number of hydrogen-bond acceptors (Lipinski definition) is 5. The first-order valence-corrected chi connectivity index (χ1v) is 5.11. The van der Waals surface area contributed by atoms with Gasteiger partial charge in [-0.05, 0) is 11.4 Å². The van der Waals surface area contributed by atoms with Gasteiger partial charge in [0.2, 0.25) is 5.13 Å². The van der Waals surface area contributed by atoms with Crippen LogP contribution in [0, 0.1) is 0 Å². The number of hydrogen-bond donors (Lipinski definition) is 1. The van der Waals surface area contributed by atoms with E-state index in [1.807, 2.05) is 24.6 Å². The number of nitrogens with zero attached hydrogens (tertiary/aromatic N) is 2. The quantitative estimate of drug-likeness (QED) is 0.802. The highest BCUT2D eigenvalue weighted by atomic mass is 32.1. The Labute approximate surface area is 78.3 Å². The maximum atomic E-state index is 4.28. The third-order valence-corrected chi connectivity index (χ3v) is 2.98. The highest BCUT2D eigenvalue weighted by Gasteiger charge is 2.04. The normalized spacial score (nSPS) is 10.1. The Morgan fingerprint density at radius 3 is 3.00 bits per heavy atom. The summed E-state index contributed by atoms with van der Waals surface area (Å²) in [6, 6.07) is 4.02. The van der Waals surface area contributed by atoms with E-state index >= 15 is 0 Å². The molecule has 0 saturated carbocycles. The van der Waals surface area contributed by atoms with Crippen LogP contribution in [-0.2, 0) is 0 Å². The molecule has 2 heterocycles. The lowest BCUT2D eigenvalue weighted by Crippen LogP contribution is -1.85. The number of rotatable bonds is 2. The molecule has 0 spiro atoms. The molecule has 0 fully saturated rings. The Morgan fingerprint density at radius 2 is 2.42 bits per heavy atom. The fourth-order valence-corrected chi connectivity index (χ4v) is 2.08. The summed E-state index contributed by atoms with van der Waals surface area (Å²) >= 11 is 3.04. The minimum atomic E-state index is 0.819. The zero-order valence-corrected chi connectivity index (χ0v) is 8.08. The van der Waals surface area contributed by atoms with Crippen molar-refractivity contribution in [3.63, 3.8) is 0 Å². The minimum absolute atomic E-state index is 0.819. The van der Waals surface area contributed by atoms with Crippen molar-refractivity contribution in [3.05, 3.63) is 17.5 Å². The van der Waals surface area contributed by atoms with Gasteiger partial charge < -0.3 is 5.32 Å². The summed E-state index contributed by atoms with van der Waals surface area (Å²) in [4.78, 5) is 5.40. The topological polar surface area (TPSA) is 37.8 Å². The lowest BCUT2D eigenvalue weighted by molar-refractivity contribution is 1.32. The van der Waals surface area contributed by atoms with E-state index in [9.17, 15) is 0 Å². The predicted molar refractivity (Wildman–Crippen MR) is 52.8 cm³/mol. The number of thiophene rings is 1. The van der Waals surface area contributed by atoms with Gasteiger partial charge in [0.1, 0.15) is 0 Å². The van der Waals surface area contributed by atoms with E-state index in [-0.39, 0.29) is 0 Å². The van der Waals surface area contributed by atoms with E-state index in [1.165, 1.54) is 11.5 Å². The van der Waals surface area contributed by atoms with Gasteiger partial charge in [-0.3, -0.25) is 0 Å². The molecule has 3 nitrogen and oxygen atoms in total. The van der Waals surface area contributed by atoms with Crippen LogP contribution in [-0.4, -0.2) is 16.4 Å². The van der Waals surface area contributed by atoms with Gasteiger partial charge in [0.25, 0.3) is 0 Å². The fraction of sp³-hybridized carbons (Fsp3) is 0.143. The van der Waals surface area contributed by atoms with Gasteiger partial charge in [-0.15, -0.1) is 11.3 Å². The number of aromatic nitrogens is 2. The molecule has 0 aliphatic carbocycles. The summed E-state index contributed by atoms with van der Waals surface area (Å²) in [5.74, 6) is 0.819. The summed E-state index contributed by atoms with van der Waals surface area (Å²) in [6.45, 7) is 0. The molecular formula is C7H7N3S2. The van der Waals surface area contributed by atoms with Crippen LogP contribution in [0.4, 0.5) is 5.13 Å². The Bertz CT molecular complexity index is 352. The van der Waals surface area contributed by atoms with E-state index < -0.39 is 0 Å². The Kier molecular flexibility index (Phi) is 2.05. The highest BCUT2D eigenvalue weighted by Crippen LogP contribution is 2.24. The minimum Gasteiger partial charge on any atom is -0.363 e. The third-order valence-electron chi connectivity index (χ3n) is 1.38. The molecule has 0 aromatic carbocycles. The maximum Gasteiger partial charge on any atom is 0.202 e. The molecule has 2 aromatic rings. The van der Waals surface area contributed by atoms with E-state index in [0.29, 0.717) is 0 Å². The average Bonchev–Trinajstić information content (AvgIpc) is 2.75. The molecule has 0 atom stereocenters. The van der Waals surface area contributed by atoms with Crippen LogP contribution in [0.5, 0.6) is 0 Å². The molecule has 0 bridgehead atoms. The first-order chi connectivity index (χ1) is 5.90. The lowest BCUT2D eigenvalue weighted by atomic mass is 10.4. The van der Waals surface area contributed by atoms with E-state index in [2.05, 4.69) is 14.7 Å². The van der Waals surface area contributed by atoms with Crippen LogP contribution in [0.25, 0.3) is 10.7 Å². The molecule has 2 rings (SSSR count). The standard InChI is InChI=1S/C7H7N3S2/c1-8-7-9-6(10-12-7)5-3-2-4-11-5/h2-4H,1H3,(H,8,9,10). The van der Waals surface area contributed by atoms with E-state index in [1.54, 1.807) is 11.3 Å². The van der Waals surface area contributed by atoms with Gasteiger partial charge in [0, 0.05) is 18.6 Å². The van der Waals surface area contributed by atoms with Gasteiger partial charge in [-0.1, -0.05) is 6.07 Å². The second kappa shape index (κ2) is 3.20. The number of nitrogens with one attached hydrogen (secondary N) is 1. The molecule has 2 aromatic heterocycles. The highest BCUT2D eigenvalue weighted by molar-refractivity contribution is 7.14. The predicted octanol–water partition coefficient (Wildman–Crippen LogP) is 2.31. The molecule has 0 radical (unpaired) electrons. The number of anilines is 1. The molecule has 0 aliphatic rings. The van der Waals surface area contributed by atoms with Crippen LogP contribution >= 0.6 is 22.9 Å². The zero-order valence-electron chi connectivity index (χ0n) is 6.44. The largest absolute Gasteiger partial charge is 0.363 e. The van der Waals surface area contributed by atoms with Crippen LogP contribution in [0.3, 0.4) is 0 Å². The Morgan fingerprint density at radius 1 is 1.50 bits per heavy atom. The van der Waals surface area contributed by atoms with E-state index in [0.717, 1.165) is 15.8 Å². The maximum absolute atomic E-state index is 4.28. The van der Waals surface area contributed by atoms with Crippen LogP contribution in [0.15, 0.2) is 17.5 Å². The van der Waals surface area contributed by atoms with Crippen molar-refractivity contribution in [2.24, 2.45) is 0 Å². The van der Waals surface area contributed by atoms with Crippen LogP contribution in [0.1, 0.15) is 0 Å². The molecule has 0 amide bonds. The summed E-state index contributed by atoms with van der Waals surface area (Å²) in [7, 11) is 1.85. The van der Waals surface area contributed by atoms with Crippen molar-refractivity contribution >= 4 is 28.0 Å². The van der Waals surface area contributed by atoms with Gasteiger partial charge in [-0.2, -0.15) is 9.36 Å². The Hall–Kier alpha value is -0.940. The van der Waals surface area contributed by atoms with Crippen molar-refractivity contribution in [3.8, 4) is 10.7 Å². The fourth-order valence-electron chi connectivity index (χ4n) is 0.831. The molecule has 0 unspecified atom stereocenters. The monoisotopic (exact) mass is 197 g/mol. The van der Waals surface area contributed by atoms with Gasteiger partial charge in [-0.25, -0.2) is 0 Å². The summed E-state index contributed by atoms with van der Waals surface area (Å²) in [5, 5.41) is 5.84. The average molecular weight is 197 g/mol. The lowest BCUT2D eigenvalue weighted by Gasteiger charge is -1.86. The van der Waals surface area contributed by atoms with Crippen molar-refractivity contribution in [2.75, 3.05) is 12.4 Å². The molecular weight excluding hydrogens is 190 g/mol. The zero-order chi connectivity index (χ0) is 8.39. The van der Waals surface area contributed by atoms with Crippen molar-refractivity contribution in [1.29, 1.82) is 0 Å². The second-order valence-electron chi connectivity index (χ2n) is 2.15. The van der Waals surface area contributed by atoms with Gasteiger partial charge in [0.05, 0.1) is 4.88 Å². The Balaban J connectivity index is 2.35. The molecule has 0 saturated heterocycles. The third kappa shape index (κ3) is 1.33. The first kappa shape index (κ1) is 7.70. The molecule has 62 valence electrons. The SMILES string of the molecule is CNc1nc(-c2cccs2)ns1. The molecule has 1 N–H and O–H groups in total. The molecule has 0 aliphatic heterocycles.